The number of alkyl halides is 3. The van der Waals surface area contributed by atoms with E-state index in [9.17, 15) is 13.2 Å². The molecular formula is C16H14Cl3NO5S. The van der Waals surface area contributed by atoms with Gasteiger partial charge in [0.2, 0.25) is 13.8 Å². The Morgan fingerprint density at radius 2 is 1.65 bits per heavy atom. The molecule has 0 heterocycles. The highest BCUT2D eigenvalue weighted by atomic mass is 35.6. The first-order valence-electron chi connectivity index (χ1n) is 7.18. The molecule has 1 atom stereocenters. The molecule has 6 nitrogen and oxygen atoms in total. The first-order valence-corrected chi connectivity index (χ1v) is 9.80. The van der Waals surface area contributed by atoms with Crippen LogP contribution in [0.2, 0.25) is 0 Å². The fourth-order valence-corrected chi connectivity index (χ4v) is 4.06. The normalized spacial score (nSPS) is 13.2. The molecule has 2 N–H and O–H groups in total. The average Bonchev–Trinajstić information content (AvgIpc) is 2.58. The summed E-state index contributed by atoms with van der Waals surface area (Å²) in [5.74, 6) is -0.839. The van der Waals surface area contributed by atoms with Crippen molar-refractivity contribution < 1.29 is 23.1 Å². The Kier molecular flexibility index (Phi) is 6.76. The molecule has 0 unspecified atom stereocenters. The lowest BCUT2D eigenvalue weighted by Gasteiger charge is -2.26. The number of carboxylic acids is 1. The van der Waals surface area contributed by atoms with E-state index in [-0.39, 0.29) is 10.6 Å². The molecule has 0 bridgehead atoms. The molecule has 2 rings (SSSR count). The standard InChI is InChI=1S/C16H14Cl3NO5S/c17-16(18,19)15(20-26(23,24)13-4-2-1-3-5-13)11-6-8-12(9-7-11)25-10-14(21)22/h1-9,15,20H,10H2,(H,21,22)/t15-/m1/s1. The zero-order valence-corrected chi connectivity index (χ0v) is 16.2. The molecule has 2 aromatic carbocycles. The number of ether oxygens (including phenoxy) is 1. The average molecular weight is 439 g/mol. The van der Waals surface area contributed by atoms with Crippen LogP contribution in [0.1, 0.15) is 11.6 Å². The Morgan fingerprint density at radius 3 is 2.15 bits per heavy atom. The maximum atomic E-state index is 12.5. The maximum absolute atomic E-state index is 12.5. The van der Waals surface area contributed by atoms with E-state index in [1.165, 1.54) is 36.4 Å². The smallest absolute Gasteiger partial charge is 0.341 e. The van der Waals surface area contributed by atoms with E-state index < -0.39 is 32.4 Å². The molecule has 2 aromatic rings. The predicted octanol–water partition coefficient (Wildman–Crippen LogP) is 3.54. The summed E-state index contributed by atoms with van der Waals surface area (Å²) in [4.78, 5) is 10.5. The summed E-state index contributed by atoms with van der Waals surface area (Å²) in [5.41, 5.74) is 0.368. The van der Waals surface area contributed by atoms with Crippen LogP contribution in [0, 0.1) is 0 Å². The van der Waals surface area contributed by atoms with Crippen LogP contribution in [0.15, 0.2) is 59.5 Å². The number of hydrogen-bond donors (Lipinski definition) is 2. The van der Waals surface area contributed by atoms with Gasteiger partial charge in [-0.3, -0.25) is 0 Å². The fraction of sp³-hybridized carbons (Fsp3) is 0.188. The van der Waals surface area contributed by atoms with Crippen LogP contribution in [0.5, 0.6) is 5.75 Å². The minimum Gasteiger partial charge on any atom is -0.482 e. The molecule has 0 spiro atoms. The number of hydrogen-bond acceptors (Lipinski definition) is 4. The van der Waals surface area contributed by atoms with Crippen LogP contribution >= 0.6 is 34.8 Å². The fourth-order valence-electron chi connectivity index (χ4n) is 2.05. The van der Waals surface area contributed by atoms with Crippen LogP contribution in [-0.4, -0.2) is 29.9 Å². The summed E-state index contributed by atoms with van der Waals surface area (Å²) in [6.07, 6.45) is 0. The highest BCUT2D eigenvalue weighted by Gasteiger charge is 2.37. The van der Waals surface area contributed by atoms with Crippen LogP contribution in [-0.2, 0) is 14.8 Å². The van der Waals surface area contributed by atoms with Gasteiger partial charge in [0.25, 0.3) is 0 Å². The van der Waals surface area contributed by atoms with Crippen LogP contribution < -0.4 is 9.46 Å². The lowest BCUT2D eigenvalue weighted by Crippen LogP contribution is -2.36. The van der Waals surface area contributed by atoms with E-state index in [1.54, 1.807) is 18.2 Å². The number of aliphatic carboxylic acids is 1. The third kappa shape index (κ3) is 5.75. The zero-order chi connectivity index (χ0) is 19.4. The molecule has 140 valence electrons. The number of sulfonamides is 1. The van der Waals surface area contributed by atoms with E-state index in [2.05, 4.69) is 4.72 Å². The van der Waals surface area contributed by atoms with Crippen molar-refractivity contribution in [1.82, 2.24) is 4.72 Å². The molecule has 26 heavy (non-hydrogen) atoms. The maximum Gasteiger partial charge on any atom is 0.341 e. The zero-order valence-electron chi connectivity index (χ0n) is 13.1. The second-order valence-corrected chi connectivity index (χ2v) is 9.24. The monoisotopic (exact) mass is 437 g/mol. The van der Waals surface area contributed by atoms with Crippen molar-refractivity contribution >= 4 is 50.8 Å². The van der Waals surface area contributed by atoms with Gasteiger partial charge in [0.15, 0.2) is 6.61 Å². The quantitative estimate of drug-likeness (QED) is 0.645. The highest BCUT2D eigenvalue weighted by Crippen LogP contribution is 2.41. The topological polar surface area (TPSA) is 92.7 Å². The first-order chi connectivity index (χ1) is 12.1. The van der Waals surface area contributed by atoms with E-state index in [0.717, 1.165) is 0 Å². The molecule has 0 aliphatic heterocycles. The molecule has 0 amide bonds. The Bertz CT molecular complexity index is 852. The molecule has 0 saturated carbocycles. The lowest BCUT2D eigenvalue weighted by atomic mass is 10.1. The second-order valence-electron chi connectivity index (χ2n) is 5.16. The molecule has 10 heteroatoms. The highest BCUT2D eigenvalue weighted by molar-refractivity contribution is 7.89. The molecule has 0 aliphatic carbocycles. The van der Waals surface area contributed by atoms with Gasteiger partial charge < -0.3 is 9.84 Å². The van der Waals surface area contributed by atoms with E-state index in [0.29, 0.717) is 5.56 Å². The van der Waals surface area contributed by atoms with E-state index >= 15 is 0 Å². The number of nitrogens with one attached hydrogen (secondary N) is 1. The van der Waals surface area contributed by atoms with Crippen molar-refractivity contribution in [2.75, 3.05) is 6.61 Å². The van der Waals surface area contributed by atoms with Gasteiger partial charge in [0.05, 0.1) is 10.9 Å². The van der Waals surface area contributed by atoms with Crippen molar-refractivity contribution in [2.24, 2.45) is 0 Å². The largest absolute Gasteiger partial charge is 0.482 e. The van der Waals surface area contributed by atoms with Gasteiger partial charge in [-0.25, -0.2) is 13.2 Å². The summed E-state index contributed by atoms with van der Waals surface area (Å²) in [5, 5.41) is 8.61. The van der Waals surface area contributed by atoms with E-state index in [4.69, 9.17) is 44.6 Å². The van der Waals surface area contributed by atoms with Gasteiger partial charge in [-0.15, -0.1) is 0 Å². The molecule has 0 aliphatic rings. The molecular weight excluding hydrogens is 425 g/mol. The molecule has 0 aromatic heterocycles. The lowest BCUT2D eigenvalue weighted by molar-refractivity contribution is -0.139. The van der Waals surface area contributed by atoms with E-state index in [1.807, 2.05) is 0 Å². The summed E-state index contributed by atoms with van der Waals surface area (Å²) in [7, 11) is -3.93. The first kappa shape index (κ1) is 20.8. The summed E-state index contributed by atoms with van der Waals surface area (Å²) in [6, 6.07) is 12.4. The van der Waals surface area contributed by atoms with Gasteiger partial charge >= 0.3 is 5.97 Å². The summed E-state index contributed by atoms with van der Waals surface area (Å²) < 4.78 is 30.5. The minimum absolute atomic E-state index is 0.0284. The number of halogens is 3. The second kappa shape index (κ2) is 8.45. The Morgan fingerprint density at radius 1 is 1.08 bits per heavy atom. The van der Waals surface area contributed by atoms with Gasteiger partial charge in [-0.1, -0.05) is 65.1 Å². The van der Waals surface area contributed by atoms with Crippen LogP contribution in [0.3, 0.4) is 0 Å². The van der Waals surface area contributed by atoms with Crippen molar-refractivity contribution in [3.8, 4) is 5.75 Å². The summed E-state index contributed by atoms with van der Waals surface area (Å²) >= 11 is 17.9. The molecule has 0 saturated heterocycles. The van der Waals surface area contributed by atoms with Crippen molar-refractivity contribution in [2.45, 2.75) is 14.7 Å². The van der Waals surface area contributed by atoms with Gasteiger partial charge in [-0.05, 0) is 29.8 Å². The van der Waals surface area contributed by atoms with Gasteiger partial charge in [0, 0.05) is 0 Å². The van der Waals surface area contributed by atoms with Crippen LogP contribution in [0.25, 0.3) is 0 Å². The number of rotatable bonds is 7. The number of carboxylic acid groups (broad SMARTS) is 1. The summed E-state index contributed by atoms with van der Waals surface area (Å²) in [6.45, 7) is -0.506. The molecule has 0 fully saturated rings. The van der Waals surface area contributed by atoms with Crippen molar-refractivity contribution in [3.63, 3.8) is 0 Å². The predicted molar refractivity (Wildman–Crippen MR) is 99.4 cm³/mol. The Hall–Kier alpha value is -1.51. The van der Waals surface area contributed by atoms with Gasteiger partial charge in [-0.2, -0.15) is 4.72 Å². The third-order valence-corrected chi connectivity index (χ3v) is 5.32. The van der Waals surface area contributed by atoms with Crippen LogP contribution in [0.4, 0.5) is 0 Å². The molecule has 0 radical (unpaired) electrons. The SMILES string of the molecule is O=C(O)COc1ccc([C@@H](NS(=O)(=O)c2ccccc2)C(Cl)(Cl)Cl)cc1. The van der Waals surface area contributed by atoms with Gasteiger partial charge in [0.1, 0.15) is 5.75 Å². The Balaban J connectivity index is 2.27. The third-order valence-electron chi connectivity index (χ3n) is 3.23. The van der Waals surface area contributed by atoms with Crippen molar-refractivity contribution in [1.29, 1.82) is 0 Å². The number of benzene rings is 2. The minimum atomic E-state index is -3.93. The number of carbonyl (C=O) groups is 1. The van der Waals surface area contributed by atoms with Crippen molar-refractivity contribution in [3.05, 3.63) is 60.2 Å². The Labute approximate surface area is 165 Å².